The Balaban J connectivity index is 1.91. The summed E-state index contributed by atoms with van der Waals surface area (Å²) in [6, 6.07) is 7.44. The van der Waals surface area contributed by atoms with Crippen molar-refractivity contribution in [2.45, 2.75) is 31.1 Å². The maximum Gasteiger partial charge on any atom is 0.347 e. The molecule has 0 bridgehead atoms. The molecule has 1 aliphatic carbocycles. The van der Waals surface area contributed by atoms with E-state index >= 15 is 0 Å². The summed E-state index contributed by atoms with van der Waals surface area (Å²) >= 11 is 0. The van der Waals surface area contributed by atoms with Crippen molar-refractivity contribution < 1.29 is 23.2 Å². The van der Waals surface area contributed by atoms with Crippen LogP contribution in [0.3, 0.4) is 0 Å². The predicted molar refractivity (Wildman–Crippen MR) is 88.9 cm³/mol. The minimum atomic E-state index is -1.32. The van der Waals surface area contributed by atoms with Crippen molar-refractivity contribution in [3.05, 3.63) is 63.7 Å². The predicted octanol–water partition coefficient (Wildman–Crippen LogP) is 3.96. The van der Waals surface area contributed by atoms with E-state index in [1.54, 1.807) is 12.1 Å². The quantitative estimate of drug-likeness (QED) is 0.643. The Hall–Kier alpha value is -3.03. The molecule has 1 saturated carbocycles. The molecule has 3 rings (SSSR count). The highest BCUT2D eigenvalue weighted by Crippen LogP contribution is 2.42. The lowest BCUT2D eigenvalue weighted by atomic mass is 9.78. The first-order chi connectivity index (χ1) is 12.3. The normalized spacial score (nSPS) is 15.6. The van der Waals surface area contributed by atoms with Crippen LogP contribution in [-0.4, -0.2) is 10.8 Å². The first-order valence-electron chi connectivity index (χ1n) is 8.05. The van der Waals surface area contributed by atoms with E-state index in [9.17, 15) is 23.7 Å². The molecule has 1 aliphatic rings. The number of carbonyl (C=O) groups excluding carboxylic acids is 1. The average Bonchev–Trinajstić information content (AvgIpc) is 3.05. The monoisotopic (exact) mass is 362 g/mol. The fraction of sp³-hybridized carbons (Fsp3) is 0.278. The number of carbonyl (C=O) groups is 1. The van der Waals surface area contributed by atoms with Crippen molar-refractivity contribution in [3.63, 3.8) is 0 Å². The van der Waals surface area contributed by atoms with Crippen LogP contribution in [0.4, 0.5) is 14.5 Å². The molecule has 0 spiro atoms. The number of hydrogen-bond donors (Lipinski definition) is 1. The first-order valence-corrected chi connectivity index (χ1v) is 8.05. The summed E-state index contributed by atoms with van der Waals surface area (Å²) < 4.78 is 32.4. The second-order valence-corrected chi connectivity index (χ2v) is 6.27. The molecule has 0 aromatic heterocycles. The summed E-state index contributed by atoms with van der Waals surface area (Å²) in [6.07, 6.45) is 3.11. The molecule has 0 aliphatic heterocycles. The number of nitrogens with two attached hydrogens (primary N) is 1. The average molecular weight is 362 g/mol. The number of amides is 1. The minimum absolute atomic E-state index is 0.152. The zero-order valence-electron chi connectivity index (χ0n) is 13.7. The molecule has 0 heterocycles. The van der Waals surface area contributed by atoms with Gasteiger partial charge >= 0.3 is 5.69 Å². The zero-order chi connectivity index (χ0) is 18.9. The van der Waals surface area contributed by atoms with Crippen LogP contribution in [-0.2, 0) is 10.2 Å². The van der Waals surface area contributed by atoms with Crippen LogP contribution in [0.5, 0.6) is 11.5 Å². The van der Waals surface area contributed by atoms with Crippen LogP contribution in [0.1, 0.15) is 31.2 Å². The molecule has 1 amide bonds. The Morgan fingerprint density at radius 2 is 1.77 bits per heavy atom. The lowest BCUT2D eigenvalue weighted by Crippen LogP contribution is -2.38. The number of halogens is 2. The topological polar surface area (TPSA) is 95.5 Å². The molecule has 6 nitrogen and oxygen atoms in total. The second-order valence-electron chi connectivity index (χ2n) is 6.27. The van der Waals surface area contributed by atoms with Gasteiger partial charge in [-0.15, -0.1) is 0 Å². The highest BCUT2D eigenvalue weighted by molar-refractivity contribution is 5.87. The third-order valence-corrected chi connectivity index (χ3v) is 4.74. The lowest BCUT2D eigenvalue weighted by Gasteiger charge is -2.25. The Labute approximate surface area is 147 Å². The Bertz CT molecular complexity index is 862. The highest BCUT2D eigenvalue weighted by atomic mass is 19.1. The van der Waals surface area contributed by atoms with Gasteiger partial charge in [0, 0.05) is 12.1 Å². The summed E-state index contributed by atoms with van der Waals surface area (Å²) in [7, 11) is 0. The van der Waals surface area contributed by atoms with Crippen LogP contribution >= 0.6 is 0 Å². The molecule has 0 unspecified atom stereocenters. The summed E-state index contributed by atoms with van der Waals surface area (Å²) in [6.45, 7) is 0. The van der Waals surface area contributed by atoms with Crippen LogP contribution < -0.4 is 10.5 Å². The summed E-state index contributed by atoms with van der Waals surface area (Å²) in [5, 5.41) is 11.0. The number of nitrogens with zero attached hydrogens (tertiary/aromatic N) is 1. The van der Waals surface area contributed by atoms with Crippen molar-refractivity contribution >= 4 is 11.6 Å². The fourth-order valence-corrected chi connectivity index (χ4v) is 3.42. The van der Waals surface area contributed by atoms with E-state index in [0.29, 0.717) is 18.9 Å². The first kappa shape index (κ1) is 17.8. The summed E-state index contributed by atoms with van der Waals surface area (Å²) in [5.41, 5.74) is 4.64. The number of hydrogen-bond acceptors (Lipinski definition) is 4. The van der Waals surface area contributed by atoms with E-state index in [-0.39, 0.29) is 5.75 Å². The molecule has 136 valence electrons. The molecule has 1 fully saturated rings. The smallest absolute Gasteiger partial charge is 0.347 e. The van der Waals surface area contributed by atoms with Gasteiger partial charge in [0.1, 0.15) is 11.6 Å². The van der Waals surface area contributed by atoms with Crippen molar-refractivity contribution in [3.8, 4) is 11.5 Å². The van der Waals surface area contributed by atoms with Gasteiger partial charge < -0.3 is 10.5 Å². The van der Waals surface area contributed by atoms with E-state index in [1.165, 1.54) is 12.1 Å². The SMILES string of the molecule is NC(=O)C1(c2ccc(Oc3cc(F)cc(F)c3[N+](=O)[O-])cc2)CCCC1. The molecule has 0 radical (unpaired) electrons. The van der Waals surface area contributed by atoms with E-state index < -0.39 is 39.3 Å². The molecule has 2 N–H and O–H groups in total. The van der Waals surface area contributed by atoms with Gasteiger partial charge in [0.25, 0.3) is 0 Å². The largest absolute Gasteiger partial charge is 0.450 e. The third kappa shape index (κ3) is 3.10. The van der Waals surface area contributed by atoms with Crippen molar-refractivity contribution in [2.75, 3.05) is 0 Å². The molecule has 0 saturated heterocycles. The number of primary amides is 1. The van der Waals surface area contributed by atoms with Gasteiger partial charge in [-0.3, -0.25) is 14.9 Å². The number of nitro benzene ring substituents is 1. The van der Waals surface area contributed by atoms with Gasteiger partial charge in [-0.05, 0) is 30.5 Å². The van der Waals surface area contributed by atoms with Crippen LogP contribution in [0.25, 0.3) is 0 Å². The molecule has 2 aromatic rings. The Morgan fingerprint density at radius 3 is 2.31 bits per heavy atom. The molecule has 0 atom stereocenters. The lowest BCUT2D eigenvalue weighted by molar-refractivity contribution is -0.388. The summed E-state index contributed by atoms with van der Waals surface area (Å²) in [5.74, 6) is -3.09. The maximum absolute atomic E-state index is 13.7. The minimum Gasteiger partial charge on any atom is -0.450 e. The van der Waals surface area contributed by atoms with Crippen LogP contribution in [0.2, 0.25) is 0 Å². The van der Waals surface area contributed by atoms with Gasteiger partial charge in [0.2, 0.25) is 17.5 Å². The van der Waals surface area contributed by atoms with E-state index in [2.05, 4.69) is 0 Å². The molecular weight excluding hydrogens is 346 g/mol. The number of rotatable bonds is 5. The number of ether oxygens (including phenoxy) is 1. The summed E-state index contributed by atoms with van der Waals surface area (Å²) in [4.78, 5) is 22.0. The molecule has 2 aromatic carbocycles. The zero-order valence-corrected chi connectivity index (χ0v) is 13.7. The van der Waals surface area contributed by atoms with Gasteiger partial charge in [0.15, 0.2) is 0 Å². The van der Waals surface area contributed by atoms with E-state index in [4.69, 9.17) is 10.5 Å². The van der Waals surface area contributed by atoms with Crippen LogP contribution in [0.15, 0.2) is 36.4 Å². The second kappa shape index (κ2) is 6.70. The standard InChI is InChI=1S/C18H16F2N2O4/c19-12-9-14(20)16(22(24)25)15(10-12)26-13-5-3-11(4-6-13)18(17(21)23)7-1-2-8-18/h3-6,9-10H,1-2,7-8H2,(H2,21,23). The van der Waals surface area contributed by atoms with Gasteiger partial charge in [0.05, 0.1) is 10.3 Å². The Morgan fingerprint density at radius 1 is 1.15 bits per heavy atom. The Kier molecular flexibility index (Phi) is 4.58. The molecule has 8 heteroatoms. The maximum atomic E-state index is 13.7. The van der Waals surface area contributed by atoms with Crippen molar-refractivity contribution in [2.24, 2.45) is 5.73 Å². The molecular formula is C18H16F2N2O4. The van der Waals surface area contributed by atoms with Gasteiger partial charge in [-0.1, -0.05) is 25.0 Å². The van der Waals surface area contributed by atoms with Gasteiger partial charge in [-0.2, -0.15) is 4.39 Å². The number of nitro groups is 1. The van der Waals surface area contributed by atoms with Crippen molar-refractivity contribution in [1.29, 1.82) is 0 Å². The highest BCUT2D eigenvalue weighted by Gasteiger charge is 2.41. The number of benzene rings is 2. The van der Waals surface area contributed by atoms with E-state index in [1.807, 2.05) is 0 Å². The van der Waals surface area contributed by atoms with Crippen LogP contribution in [0, 0.1) is 21.7 Å². The van der Waals surface area contributed by atoms with Crippen molar-refractivity contribution in [1.82, 2.24) is 0 Å². The third-order valence-electron chi connectivity index (χ3n) is 4.74. The molecule has 26 heavy (non-hydrogen) atoms. The van der Waals surface area contributed by atoms with E-state index in [0.717, 1.165) is 24.5 Å². The van der Waals surface area contributed by atoms with Gasteiger partial charge in [-0.25, -0.2) is 4.39 Å². The fourth-order valence-electron chi connectivity index (χ4n) is 3.42.